The van der Waals surface area contributed by atoms with Gasteiger partial charge in [-0.25, -0.2) is 9.78 Å². The number of halogens is 2. The number of hydrogen-bond acceptors (Lipinski definition) is 10. The Morgan fingerprint density at radius 1 is 0.797 bits per heavy atom. The summed E-state index contributed by atoms with van der Waals surface area (Å²) in [5, 5.41) is 10.2. The first-order chi connectivity index (χ1) is 33.5. The van der Waals surface area contributed by atoms with Gasteiger partial charge in [-0.05, 0) is 103 Å². The number of nitrogens with one attached hydrogen (secondary N) is 4. The Morgan fingerprint density at radius 3 is 2.13 bits per heavy atom. The third kappa shape index (κ3) is 13.0. The van der Waals surface area contributed by atoms with Crippen molar-refractivity contribution in [2.24, 2.45) is 4.99 Å². The second kappa shape index (κ2) is 24.1. The smallest absolute Gasteiger partial charge is 0.484 e. The highest BCUT2D eigenvalue weighted by Crippen LogP contribution is 2.33. The van der Waals surface area contributed by atoms with Crippen molar-refractivity contribution in [1.29, 1.82) is 0 Å². The van der Waals surface area contributed by atoms with Crippen molar-refractivity contribution in [3.8, 4) is 33.5 Å². The second-order valence-corrected chi connectivity index (χ2v) is 17.1. The number of nitrogens with zero attached hydrogens (tertiary/aromatic N) is 5. The van der Waals surface area contributed by atoms with Crippen LogP contribution in [-0.4, -0.2) is 87.3 Å². The van der Waals surface area contributed by atoms with Crippen molar-refractivity contribution >= 4 is 59.4 Å². The summed E-state index contributed by atoms with van der Waals surface area (Å²) < 4.78 is 43.2. The molecule has 20 heteroatoms. The first-order valence-electron chi connectivity index (χ1n) is 23.0. The van der Waals surface area contributed by atoms with Crippen molar-refractivity contribution < 1.29 is 32.5 Å². The number of H-pyrrole nitrogens is 1. The first kappa shape index (κ1) is 49.6. The number of amides is 3. The van der Waals surface area contributed by atoms with Gasteiger partial charge in [-0.2, -0.15) is 0 Å². The first-order valence-corrected chi connectivity index (χ1v) is 23.9. The molecule has 1 aliphatic heterocycles. The van der Waals surface area contributed by atoms with Gasteiger partial charge in [0, 0.05) is 55.3 Å². The lowest BCUT2D eigenvalue weighted by atomic mass is 10.1. The highest BCUT2D eigenvalue weighted by atomic mass is 32.1. The van der Waals surface area contributed by atoms with Gasteiger partial charge in [0.15, 0.2) is 18.9 Å². The summed E-state index contributed by atoms with van der Waals surface area (Å²) in [5.74, 6) is 0.669. The minimum atomic E-state index is -2.69. The number of carbonyl (C=O) groups is 3. The van der Waals surface area contributed by atoms with Crippen molar-refractivity contribution in [3.63, 3.8) is 0 Å². The SMILES string of the molecule is CCCn1c(=O)c2[nH]c(-c3ccc(OCC(=O)NCCNC(=O)CCCCCNC(=O)COc4ccc(/C=C/C5=NC(c6ccc(-c7cccs7)n6B(F)F)C=C5)cc4)cc3)nc2n(CCC)c1=O. The highest BCUT2D eigenvalue weighted by molar-refractivity contribution is 7.13. The monoisotopic (exact) mass is 961 g/mol. The van der Waals surface area contributed by atoms with Crippen LogP contribution in [0.15, 0.2) is 111 Å². The number of fused-ring (bicyclic) bond motifs is 1. The van der Waals surface area contributed by atoms with Crippen LogP contribution in [-0.2, 0) is 27.5 Å². The van der Waals surface area contributed by atoms with Crippen LogP contribution < -0.4 is 36.7 Å². The lowest BCUT2D eigenvalue weighted by Gasteiger charge is -2.12. The van der Waals surface area contributed by atoms with E-state index in [0.29, 0.717) is 97.4 Å². The van der Waals surface area contributed by atoms with Gasteiger partial charge in [-0.15, -0.1) is 11.3 Å². The molecule has 360 valence electrons. The van der Waals surface area contributed by atoms with Crippen LogP contribution in [0.4, 0.5) is 8.63 Å². The molecule has 3 amide bonds. The molecule has 2 aromatic carbocycles. The number of carbonyl (C=O) groups excluding carboxylic acids is 3. The number of thiophene rings is 1. The molecule has 69 heavy (non-hydrogen) atoms. The molecule has 0 saturated heterocycles. The fourth-order valence-electron chi connectivity index (χ4n) is 7.67. The van der Waals surface area contributed by atoms with Gasteiger partial charge in [0.05, 0.1) is 11.4 Å². The summed E-state index contributed by atoms with van der Waals surface area (Å²) in [4.78, 5) is 76.1. The summed E-state index contributed by atoms with van der Waals surface area (Å²) in [7, 11) is -2.69. The van der Waals surface area contributed by atoms with E-state index in [-0.39, 0.29) is 55.2 Å². The number of benzene rings is 2. The predicted molar refractivity (Wildman–Crippen MR) is 265 cm³/mol. The molecule has 6 aromatic rings. The van der Waals surface area contributed by atoms with E-state index in [2.05, 4.69) is 30.9 Å². The average molecular weight is 962 g/mol. The molecular formula is C49H54BF2N9O7S. The molecule has 16 nitrogen and oxygen atoms in total. The molecule has 0 fully saturated rings. The van der Waals surface area contributed by atoms with E-state index in [4.69, 9.17) is 9.47 Å². The topological polar surface area (TPSA) is 196 Å². The minimum absolute atomic E-state index is 0.135. The maximum absolute atomic E-state index is 14.1. The molecule has 0 bridgehead atoms. The second-order valence-electron chi connectivity index (χ2n) is 16.2. The van der Waals surface area contributed by atoms with Gasteiger partial charge in [0.25, 0.3) is 17.4 Å². The number of unbranched alkanes of at least 4 members (excludes halogenated alkanes) is 2. The molecule has 7 rings (SSSR count). The van der Waals surface area contributed by atoms with Gasteiger partial charge >= 0.3 is 13.1 Å². The number of ether oxygens (including phenoxy) is 2. The third-order valence-corrected chi connectivity index (χ3v) is 12.0. The van der Waals surface area contributed by atoms with E-state index in [1.54, 1.807) is 54.6 Å². The van der Waals surface area contributed by atoms with Gasteiger partial charge in [0.1, 0.15) is 28.9 Å². The van der Waals surface area contributed by atoms with Crippen LogP contribution in [0.25, 0.3) is 39.2 Å². The van der Waals surface area contributed by atoms with Crippen molar-refractivity contribution in [2.75, 3.05) is 32.8 Å². The molecule has 0 aliphatic carbocycles. The van der Waals surface area contributed by atoms with E-state index in [1.807, 2.05) is 61.7 Å². The summed E-state index contributed by atoms with van der Waals surface area (Å²) in [6.07, 6.45) is 11.0. The van der Waals surface area contributed by atoms with Crippen LogP contribution in [0.5, 0.6) is 11.5 Å². The summed E-state index contributed by atoms with van der Waals surface area (Å²) in [5.41, 5.74) is 2.92. The van der Waals surface area contributed by atoms with Crippen LogP contribution in [0.3, 0.4) is 0 Å². The minimum Gasteiger partial charge on any atom is -0.484 e. The van der Waals surface area contributed by atoms with Crippen LogP contribution in [0.1, 0.15) is 69.7 Å². The molecule has 0 saturated carbocycles. The van der Waals surface area contributed by atoms with Gasteiger partial charge < -0.3 is 34.9 Å². The number of aromatic nitrogens is 5. The van der Waals surface area contributed by atoms with Gasteiger partial charge in [-0.3, -0.25) is 41.9 Å². The molecule has 5 heterocycles. The van der Waals surface area contributed by atoms with Crippen molar-refractivity contribution in [2.45, 2.75) is 71.5 Å². The quantitative estimate of drug-likeness (QED) is 0.0355. The number of allylic oxidation sites excluding steroid dienone is 2. The molecule has 1 atom stereocenters. The lowest BCUT2D eigenvalue weighted by molar-refractivity contribution is -0.124. The lowest BCUT2D eigenvalue weighted by Crippen LogP contribution is -2.40. The van der Waals surface area contributed by atoms with E-state index < -0.39 is 19.0 Å². The van der Waals surface area contributed by atoms with Crippen molar-refractivity contribution in [1.82, 2.24) is 39.5 Å². The maximum Gasteiger partial charge on any atom is 0.677 e. The highest BCUT2D eigenvalue weighted by Gasteiger charge is 2.28. The zero-order valence-electron chi connectivity index (χ0n) is 38.4. The standard InChI is InChI=1S/C49H54BF2N9O7S/c1-3-28-59-47-45(48(65)60(29-4-2)49(59)66)57-46(58-47)34-14-20-37(21-15-34)68-32-44(64)55-27-26-54-42(62)10-6-5-7-25-53-43(63)31-67-36-18-12-33(13-19-36)11-16-35-17-22-38(56-35)39-23-24-40(61(39)50(51)52)41-9-8-30-69-41/h8-9,11-24,30,38H,3-7,10,25-29,31-32H2,1-2H3,(H,53,63)(H,54,62)(H,55,64)(H,57,58)/b16-11+. The van der Waals surface area contributed by atoms with Crippen LogP contribution in [0, 0.1) is 0 Å². The number of hydrogen-bond donors (Lipinski definition) is 4. The van der Waals surface area contributed by atoms with Crippen LogP contribution in [0.2, 0.25) is 0 Å². The number of aromatic amines is 1. The van der Waals surface area contributed by atoms with E-state index >= 15 is 0 Å². The van der Waals surface area contributed by atoms with E-state index in [0.717, 1.165) is 21.3 Å². The molecule has 1 unspecified atom stereocenters. The fourth-order valence-corrected chi connectivity index (χ4v) is 8.42. The van der Waals surface area contributed by atoms with Crippen molar-refractivity contribution in [3.05, 3.63) is 128 Å². The zero-order chi connectivity index (χ0) is 48.7. The Morgan fingerprint density at radius 2 is 1.46 bits per heavy atom. The van der Waals surface area contributed by atoms with E-state index in [1.165, 1.54) is 20.5 Å². The maximum atomic E-state index is 14.1. The normalized spacial score (nSPS) is 13.2. The van der Waals surface area contributed by atoms with Crippen LogP contribution >= 0.6 is 11.3 Å². The Hall–Kier alpha value is -7.35. The Balaban J connectivity index is 0.721. The number of aryl methyl sites for hydroxylation is 1. The zero-order valence-corrected chi connectivity index (χ0v) is 39.2. The van der Waals surface area contributed by atoms with Gasteiger partial charge in [0.2, 0.25) is 5.91 Å². The number of rotatable bonds is 25. The van der Waals surface area contributed by atoms with Gasteiger partial charge in [-0.1, -0.05) is 50.6 Å². The number of imidazole rings is 1. The summed E-state index contributed by atoms with van der Waals surface area (Å²) in [6.45, 7) is 5.17. The predicted octanol–water partition coefficient (Wildman–Crippen LogP) is 6.81. The number of aliphatic imine (C=N–C) groups is 1. The summed E-state index contributed by atoms with van der Waals surface area (Å²) in [6, 6.07) is 20.6. The Bertz CT molecular complexity index is 2920. The molecule has 0 radical (unpaired) electrons. The van der Waals surface area contributed by atoms with E-state index in [9.17, 15) is 32.6 Å². The Kier molecular flexibility index (Phi) is 17.3. The molecule has 1 aliphatic rings. The molecule has 4 N–H and O–H groups in total. The molecule has 0 spiro atoms. The largest absolute Gasteiger partial charge is 0.677 e. The average Bonchev–Trinajstić information content (AvgIpc) is 4.20. The summed E-state index contributed by atoms with van der Waals surface area (Å²) >= 11 is 1.41. The fraction of sp³-hybridized carbons (Fsp3) is 0.327. The molecular weight excluding hydrogens is 907 g/mol. The molecule has 4 aromatic heterocycles. The Labute approximate surface area is 401 Å². The third-order valence-electron chi connectivity index (χ3n) is 11.1.